The molecule has 3 N–H and O–H groups in total. The molecular weight excluding hydrogens is 522 g/mol. The lowest BCUT2D eigenvalue weighted by Crippen LogP contribution is -1.95. The van der Waals surface area contributed by atoms with Crippen LogP contribution in [0, 0.1) is 0 Å². The van der Waals surface area contributed by atoms with Crippen LogP contribution < -0.4 is 0 Å². The van der Waals surface area contributed by atoms with E-state index in [0.29, 0.717) is 0 Å². The summed E-state index contributed by atoms with van der Waals surface area (Å²) in [6, 6.07) is 0. The molecule has 0 fully saturated rings. The van der Waals surface area contributed by atoms with Crippen molar-refractivity contribution in [3.63, 3.8) is 0 Å². The molecular formula is C29H52O7P2. The Kier molecular flexibility index (Phi) is 20.2. The van der Waals surface area contributed by atoms with Crippen molar-refractivity contribution < 1.29 is 32.6 Å². The van der Waals surface area contributed by atoms with Gasteiger partial charge in [0.2, 0.25) is 0 Å². The Morgan fingerprint density at radius 3 is 1.55 bits per heavy atom. The average molecular weight is 575 g/mol. The molecule has 0 aliphatic rings. The van der Waals surface area contributed by atoms with Gasteiger partial charge in [-0.2, -0.15) is 4.31 Å². The molecule has 0 saturated carbocycles. The molecule has 0 heterocycles. The van der Waals surface area contributed by atoms with Gasteiger partial charge in [-0.1, -0.05) is 84.9 Å². The molecule has 220 valence electrons. The van der Waals surface area contributed by atoms with E-state index in [1.54, 1.807) is 6.08 Å². The third kappa shape index (κ3) is 22.9. The molecule has 0 aromatic carbocycles. The molecule has 1 unspecified atom stereocenters. The van der Waals surface area contributed by atoms with E-state index in [1.807, 2.05) is 0 Å². The van der Waals surface area contributed by atoms with Crippen molar-refractivity contribution in [2.24, 2.45) is 0 Å². The van der Waals surface area contributed by atoms with Crippen molar-refractivity contribution in [1.29, 1.82) is 0 Å². The first-order valence-corrected chi connectivity index (χ1v) is 16.8. The van der Waals surface area contributed by atoms with Crippen LogP contribution in [0.2, 0.25) is 0 Å². The van der Waals surface area contributed by atoms with Gasteiger partial charge in [0.25, 0.3) is 0 Å². The number of allylic oxidation sites excluding steroid dienone is 9. The zero-order valence-corrected chi connectivity index (χ0v) is 26.2. The van der Waals surface area contributed by atoms with Crippen molar-refractivity contribution in [3.05, 3.63) is 58.2 Å². The average Bonchev–Trinajstić information content (AvgIpc) is 2.77. The zero-order valence-electron chi connectivity index (χ0n) is 24.4. The van der Waals surface area contributed by atoms with E-state index >= 15 is 0 Å². The summed E-state index contributed by atoms with van der Waals surface area (Å²) in [7, 11) is -9.92. The van der Waals surface area contributed by atoms with Gasteiger partial charge in [0.05, 0.1) is 6.61 Å². The van der Waals surface area contributed by atoms with Crippen molar-refractivity contribution in [3.8, 4) is 0 Å². The summed E-state index contributed by atoms with van der Waals surface area (Å²) in [5.74, 6) is 0. The molecule has 0 aliphatic heterocycles. The SMILES string of the molecule is CCC/C(=C/COP(=O)(O)OP(=O)(O)O)CC/C=C(/CCC)CC/C=C(\C)CC/C=C(\C)CCC=C(C)C. The van der Waals surface area contributed by atoms with Crippen molar-refractivity contribution in [1.82, 2.24) is 0 Å². The highest BCUT2D eigenvalue weighted by molar-refractivity contribution is 7.60. The van der Waals surface area contributed by atoms with Crippen molar-refractivity contribution in [2.45, 2.75) is 119 Å². The van der Waals surface area contributed by atoms with Gasteiger partial charge >= 0.3 is 15.6 Å². The van der Waals surface area contributed by atoms with Gasteiger partial charge in [0, 0.05) is 0 Å². The Morgan fingerprint density at radius 2 is 1.08 bits per heavy atom. The number of phosphoric acid groups is 2. The quantitative estimate of drug-likeness (QED) is 0.0924. The van der Waals surface area contributed by atoms with Crippen LogP contribution >= 0.6 is 15.6 Å². The molecule has 0 aromatic heterocycles. The third-order valence-electron chi connectivity index (χ3n) is 5.94. The highest BCUT2D eigenvalue weighted by atomic mass is 31.3. The fraction of sp³-hybridized carbons (Fsp3) is 0.655. The fourth-order valence-electron chi connectivity index (χ4n) is 4.01. The molecule has 0 aromatic rings. The van der Waals surface area contributed by atoms with E-state index in [9.17, 15) is 14.0 Å². The van der Waals surface area contributed by atoms with Gasteiger partial charge in [0.15, 0.2) is 0 Å². The summed E-state index contributed by atoms with van der Waals surface area (Å²) in [6.07, 6.45) is 23.1. The van der Waals surface area contributed by atoms with E-state index in [1.165, 1.54) is 22.3 Å². The first-order chi connectivity index (χ1) is 17.8. The highest BCUT2D eigenvalue weighted by Crippen LogP contribution is 2.57. The van der Waals surface area contributed by atoms with Gasteiger partial charge in [-0.3, -0.25) is 4.52 Å². The maximum atomic E-state index is 11.6. The van der Waals surface area contributed by atoms with Crippen LogP contribution in [0.3, 0.4) is 0 Å². The maximum absolute atomic E-state index is 11.6. The molecule has 0 amide bonds. The van der Waals surface area contributed by atoms with Gasteiger partial charge in [-0.05, 0) is 91.9 Å². The predicted octanol–water partition coefficient (Wildman–Crippen LogP) is 9.65. The lowest BCUT2D eigenvalue weighted by atomic mass is 9.99. The largest absolute Gasteiger partial charge is 0.481 e. The second-order valence-corrected chi connectivity index (χ2v) is 12.9. The Balaban J connectivity index is 4.73. The molecule has 0 radical (unpaired) electrons. The van der Waals surface area contributed by atoms with Gasteiger partial charge < -0.3 is 14.7 Å². The molecule has 1 atom stereocenters. The lowest BCUT2D eigenvalue weighted by molar-refractivity contribution is 0.191. The first-order valence-electron chi connectivity index (χ1n) is 13.8. The molecule has 9 heteroatoms. The van der Waals surface area contributed by atoms with Gasteiger partial charge in [-0.15, -0.1) is 0 Å². The monoisotopic (exact) mass is 574 g/mol. The topological polar surface area (TPSA) is 113 Å². The van der Waals surface area contributed by atoms with E-state index in [2.05, 4.69) is 74.7 Å². The number of phosphoric ester groups is 1. The van der Waals surface area contributed by atoms with Crippen LogP contribution in [0.1, 0.15) is 119 Å². The van der Waals surface area contributed by atoms with Gasteiger partial charge in [-0.25, -0.2) is 9.13 Å². The van der Waals surface area contributed by atoms with Crippen LogP contribution in [-0.2, 0) is 18.0 Å². The van der Waals surface area contributed by atoms with E-state index in [0.717, 1.165) is 82.6 Å². The summed E-state index contributed by atoms with van der Waals surface area (Å²) in [5, 5.41) is 0. The molecule has 0 saturated heterocycles. The third-order valence-corrected chi connectivity index (χ3v) is 8.09. The minimum atomic E-state index is -5.11. The predicted molar refractivity (Wildman–Crippen MR) is 159 cm³/mol. The van der Waals surface area contributed by atoms with Crippen molar-refractivity contribution >= 4 is 15.6 Å². The highest BCUT2D eigenvalue weighted by Gasteiger charge is 2.31. The molecule has 0 aliphatic carbocycles. The standard InChI is InChI=1S/C29H52O7P2/c1-7-13-28(20-11-19-27(6)18-10-17-26(5)16-9-15-25(3)4)21-12-22-29(14-8-2)23-24-35-38(33,34)36-37(30,31)32/h15,17,19,21,23H,7-14,16,18,20,22,24H2,1-6H3,(H,33,34)(H2,30,31,32)/b26-17+,27-19+,28-21-,29-23-. The number of hydrogen-bond acceptors (Lipinski definition) is 4. The Morgan fingerprint density at radius 1 is 0.632 bits per heavy atom. The summed E-state index contributed by atoms with van der Waals surface area (Å²) in [4.78, 5) is 26.8. The Hall–Kier alpha value is -1.04. The number of rotatable bonds is 21. The molecule has 7 nitrogen and oxygen atoms in total. The first kappa shape index (κ1) is 37.0. The summed E-state index contributed by atoms with van der Waals surface area (Å²) >= 11 is 0. The normalized spacial score (nSPS) is 15.5. The summed E-state index contributed by atoms with van der Waals surface area (Å²) in [6.45, 7) is 12.7. The van der Waals surface area contributed by atoms with Crippen molar-refractivity contribution in [2.75, 3.05) is 6.61 Å². The van der Waals surface area contributed by atoms with Gasteiger partial charge in [0.1, 0.15) is 0 Å². The second-order valence-electron chi connectivity index (χ2n) is 10.1. The smallest absolute Gasteiger partial charge is 0.302 e. The molecule has 0 spiro atoms. The maximum Gasteiger partial charge on any atom is 0.481 e. The Bertz CT molecular complexity index is 919. The molecule has 0 rings (SSSR count). The van der Waals surface area contributed by atoms with Crippen LogP contribution in [0.25, 0.3) is 0 Å². The lowest BCUT2D eigenvalue weighted by Gasteiger charge is -2.12. The zero-order chi connectivity index (χ0) is 29.0. The second kappa shape index (κ2) is 20.8. The summed E-state index contributed by atoms with van der Waals surface area (Å²) in [5.41, 5.74) is 6.81. The molecule has 38 heavy (non-hydrogen) atoms. The van der Waals surface area contributed by atoms with E-state index < -0.39 is 15.6 Å². The van der Waals surface area contributed by atoms with Crippen LogP contribution in [-0.4, -0.2) is 21.3 Å². The minimum Gasteiger partial charge on any atom is -0.302 e. The van der Waals surface area contributed by atoms with Crippen LogP contribution in [0.15, 0.2) is 58.2 Å². The van der Waals surface area contributed by atoms with Crippen LogP contribution in [0.5, 0.6) is 0 Å². The number of hydrogen-bond donors (Lipinski definition) is 3. The molecule has 0 bridgehead atoms. The van der Waals surface area contributed by atoms with E-state index in [-0.39, 0.29) is 6.61 Å². The summed E-state index contributed by atoms with van der Waals surface area (Å²) < 4.78 is 30.9. The minimum absolute atomic E-state index is 0.247. The fourth-order valence-corrected chi connectivity index (χ4v) is 5.54. The van der Waals surface area contributed by atoms with E-state index in [4.69, 9.17) is 9.79 Å². The van der Waals surface area contributed by atoms with Crippen LogP contribution in [0.4, 0.5) is 0 Å². The Labute approximate surface area is 231 Å².